The normalized spacial score (nSPS) is 44.2. The highest BCUT2D eigenvalue weighted by molar-refractivity contribution is 5.87. The molecule has 5 saturated carbocycles. The molecule has 0 N–H and O–H groups in total. The lowest BCUT2D eigenvalue weighted by Gasteiger charge is -2.73. The average molecular weight is 601 g/mol. The van der Waals surface area contributed by atoms with Crippen molar-refractivity contribution in [3.05, 3.63) is 47.6 Å². The number of rotatable bonds is 5. The van der Waals surface area contributed by atoms with Crippen LogP contribution >= 0.6 is 0 Å². The lowest BCUT2D eigenvalue weighted by atomic mass is 9.32. The molecule has 0 aliphatic heterocycles. The van der Waals surface area contributed by atoms with Crippen LogP contribution in [0.15, 0.2) is 36.4 Å². The summed E-state index contributed by atoms with van der Waals surface area (Å²) in [4.78, 5) is 13.2. The van der Waals surface area contributed by atoms with Gasteiger partial charge in [-0.1, -0.05) is 59.8 Å². The Labute approximate surface area is 268 Å². The maximum absolute atomic E-state index is 13.2. The van der Waals surface area contributed by atoms with Crippen molar-refractivity contribution in [2.24, 2.45) is 56.7 Å². The number of aryl methyl sites for hydroxylation is 1. The number of carbonyl (C=O) groups is 1. The van der Waals surface area contributed by atoms with Crippen molar-refractivity contribution in [1.29, 1.82) is 0 Å². The van der Waals surface area contributed by atoms with Crippen LogP contribution in [0.2, 0.25) is 0 Å². The second kappa shape index (κ2) is 10.8. The largest absolute Gasteiger partial charge is 0.496 e. The van der Waals surface area contributed by atoms with Crippen molar-refractivity contribution < 1.29 is 14.3 Å². The van der Waals surface area contributed by atoms with Gasteiger partial charge in [-0.15, -0.1) is 0 Å². The van der Waals surface area contributed by atoms with Gasteiger partial charge in [0.15, 0.2) is 0 Å². The lowest BCUT2D eigenvalue weighted by molar-refractivity contribution is -0.248. The Hall–Kier alpha value is -2.03. The Kier molecular flexibility index (Phi) is 7.81. The van der Waals surface area contributed by atoms with Crippen LogP contribution in [0.25, 0.3) is 6.08 Å². The van der Waals surface area contributed by atoms with Crippen molar-refractivity contribution in [3.8, 4) is 5.75 Å². The lowest BCUT2D eigenvalue weighted by Crippen LogP contribution is -2.66. The van der Waals surface area contributed by atoms with Crippen LogP contribution in [0, 0.1) is 63.6 Å². The third-order valence-electron chi connectivity index (χ3n) is 15.5. The SMILES string of the molecule is C=C(C)C1CCC2(C)CCC3(C)C(CCC4C5(C)CCC(OC(=O)C=Cc6ccc(OC)c(C)c6)C(C)(C)C5CCC43C)C12. The molecule has 1 aromatic rings. The van der Waals surface area contributed by atoms with Crippen molar-refractivity contribution in [2.45, 2.75) is 126 Å². The van der Waals surface area contributed by atoms with Crippen LogP contribution in [0.1, 0.15) is 124 Å². The van der Waals surface area contributed by atoms with Crippen LogP contribution in [0.4, 0.5) is 0 Å². The summed E-state index contributed by atoms with van der Waals surface area (Å²) >= 11 is 0. The summed E-state index contributed by atoms with van der Waals surface area (Å²) in [5, 5.41) is 0. The fourth-order valence-electron chi connectivity index (χ4n) is 13.0. The van der Waals surface area contributed by atoms with Gasteiger partial charge in [0.1, 0.15) is 11.9 Å². The number of carbonyl (C=O) groups excluding carboxylic acids is 1. The first kappa shape index (κ1) is 31.9. The van der Waals surface area contributed by atoms with E-state index in [-0.39, 0.29) is 22.9 Å². The summed E-state index contributed by atoms with van der Waals surface area (Å²) in [6.07, 6.45) is 16.4. The molecule has 0 amide bonds. The molecule has 0 radical (unpaired) electrons. The Morgan fingerprint density at radius 3 is 2.32 bits per heavy atom. The van der Waals surface area contributed by atoms with Gasteiger partial charge in [0.2, 0.25) is 0 Å². The molecule has 10 atom stereocenters. The van der Waals surface area contributed by atoms with Crippen molar-refractivity contribution in [1.82, 2.24) is 0 Å². The first-order chi connectivity index (χ1) is 20.6. The summed E-state index contributed by atoms with van der Waals surface area (Å²) in [7, 11) is 1.68. The number of hydrogen-bond acceptors (Lipinski definition) is 3. The summed E-state index contributed by atoms with van der Waals surface area (Å²) in [5.74, 6) is 4.28. The third kappa shape index (κ3) is 4.59. The van der Waals surface area contributed by atoms with E-state index in [1.54, 1.807) is 13.2 Å². The van der Waals surface area contributed by atoms with Gasteiger partial charge < -0.3 is 9.47 Å². The molecule has 6 rings (SSSR count). The van der Waals surface area contributed by atoms with E-state index in [0.717, 1.165) is 47.5 Å². The smallest absolute Gasteiger partial charge is 0.331 e. The number of methoxy groups -OCH3 is 1. The van der Waals surface area contributed by atoms with Crippen LogP contribution in [-0.4, -0.2) is 19.2 Å². The molecule has 242 valence electrons. The summed E-state index contributed by atoms with van der Waals surface area (Å²) < 4.78 is 11.7. The maximum Gasteiger partial charge on any atom is 0.331 e. The van der Waals surface area contributed by atoms with E-state index >= 15 is 0 Å². The van der Waals surface area contributed by atoms with Gasteiger partial charge in [0.25, 0.3) is 0 Å². The minimum Gasteiger partial charge on any atom is -0.496 e. The molecule has 0 saturated heterocycles. The van der Waals surface area contributed by atoms with Gasteiger partial charge >= 0.3 is 5.97 Å². The Bertz CT molecular complexity index is 1340. The average Bonchev–Trinajstić information content (AvgIpc) is 3.32. The summed E-state index contributed by atoms with van der Waals surface area (Å²) in [5.41, 5.74) is 4.98. The van der Waals surface area contributed by atoms with E-state index < -0.39 is 0 Å². The molecule has 10 unspecified atom stereocenters. The second-order valence-electron chi connectivity index (χ2n) is 17.7. The van der Waals surface area contributed by atoms with Crippen LogP contribution in [-0.2, 0) is 9.53 Å². The highest BCUT2D eigenvalue weighted by Gasteiger charge is 2.70. The van der Waals surface area contributed by atoms with Crippen LogP contribution in [0.5, 0.6) is 5.75 Å². The minimum absolute atomic E-state index is 0.0446. The van der Waals surface area contributed by atoms with E-state index in [9.17, 15) is 4.79 Å². The van der Waals surface area contributed by atoms with Gasteiger partial charge in [0.05, 0.1) is 7.11 Å². The predicted molar refractivity (Wildman–Crippen MR) is 181 cm³/mol. The van der Waals surface area contributed by atoms with E-state index in [0.29, 0.717) is 28.1 Å². The van der Waals surface area contributed by atoms with Crippen LogP contribution < -0.4 is 4.74 Å². The van der Waals surface area contributed by atoms with Gasteiger partial charge in [-0.25, -0.2) is 4.79 Å². The maximum atomic E-state index is 13.2. The molecule has 3 nitrogen and oxygen atoms in total. The van der Waals surface area contributed by atoms with E-state index in [1.807, 2.05) is 31.2 Å². The Morgan fingerprint density at radius 1 is 0.886 bits per heavy atom. The molecule has 1 aromatic carbocycles. The van der Waals surface area contributed by atoms with E-state index in [1.165, 1.54) is 56.9 Å². The fraction of sp³-hybridized carbons (Fsp3) is 0.732. The molecule has 44 heavy (non-hydrogen) atoms. The molecular formula is C41H60O3. The van der Waals surface area contributed by atoms with E-state index in [4.69, 9.17) is 9.47 Å². The monoisotopic (exact) mass is 600 g/mol. The molecule has 0 bridgehead atoms. The number of benzene rings is 1. The topological polar surface area (TPSA) is 35.5 Å². The van der Waals surface area contributed by atoms with E-state index in [2.05, 4.69) is 55.0 Å². The number of fused-ring (bicyclic) bond motifs is 7. The Morgan fingerprint density at radius 2 is 1.64 bits per heavy atom. The Balaban J connectivity index is 1.21. The predicted octanol–water partition coefficient (Wildman–Crippen LogP) is 10.6. The number of ether oxygens (including phenoxy) is 2. The van der Waals surface area contributed by atoms with Crippen molar-refractivity contribution in [3.63, 3.8) is 0 Å². The highest BCUT2D eigenvalue weighted by atomic mass is 16.5. The number of esters is 1. The van der Waals surface area contributed by atoms with Gasteiger partial charge in [-0.05, 0) is 159 Å². The standard InChI is InChI=1S/C41H60O3/c1-26(2)29-17-20-38(6)23-24-40(8)30(36(29)38)13-15-33-39(7)21-19-34(37(4,5)32(39)18-22-41(33,40)9)44-35(42)16-12-28-11-14-31(43-10)27(3)25-28/h11-12,14,16,25,29-30,32-34,36H,1,13,15,17-24H2,2-10H3. The van der Waals surface area contributed by atoms with Crippen molar-refractivity contribution in [2.75, 3.05) is 7.11 Å². The molecular weight excluding hydrogens is 540 g/mol. The zero-order valence-electron chi connectivity index (χ0n) is 29.4. The fourth-order valence-corrected chi connectivity index (χ4v) is 13.0. The first-order valence-electron chi connectivity index (χ1n) is 17.8. The summed E-state index contributed by atoms with van der Waals surface area (Å²) in [6, 6.07) is 5.98. The van der Waals surface area contributed by atoms with Crippen LogP contribution in [0.3, 0.4) is 0 Å². The number of allylic oxidation sites excluding steroid dienone is 1. The molecule has 5 aliphatic rings. The first-order valence-corrected chi connectivity index (χ1v) is 17.8. The second-order valence-corrected chi connectivity index (χ2v) is 17.7. The number of hydrogen-bond donors (Lipinski definition) is 0. The molecule has 5 aliphatic carbocycles. The molecule has 3 heteroatoms. The zero-order valence-corrected chi connectivity index (χ0v) is 29.4. The zero-order chi connectivity index (χ0) is 31.9. The van der Waals surface area contributed by atoms with Crippen molar-refractivity contribution >= 4 is 12.0 Å². The minimum atomic E-state index is -0.220. The van der Waals surface area contributed by atoms with Gasteiger partial charge in [-0.3, -0.25) is 0 Å². The van der Waals surface area contributed by atoms with Gasteiger partial charge in [0, 0.05) is 11.5 Å². The molecule has 0 aromatic heterocycles. The summed E-state index contributed by atoms with van der Waals surface area (Å²) in [6.45, 7) is 24.4. The molecule has 5 fully saturated rings. The van der Waals surface area contributed by atoms with Gasteiger partial charge in [-0.2, -0.15) is 0 Å². The highest BCUT2D eigenvalue weighted by Crippen LogP contribution is 2.77. The molecule has 0 spiro atoms. The quantitative estimate of drug-likeness (QED) is 0.192. The molecule has 0 heterocycles. The third-order valence-corrected chi connectivity index (χ3v) is 15.5.